The highest BCUT2D eigenvalue weighted by atomic mass is 32.1. The number of methoxy groups -OCH3 is 3. The third-order valence-electron chi connectivity index (χ3n) is 5.48. The first kappa shape index (κ1) is 22.8. The molecule has 33 heavy (non-hydrogen) atoms. The van der Waals surface area contributed by atoms with Crippen molar-refractivity contribution in [3.63, 3.8) is 0 Å². The highest BCUT2D eigenvalue weighted by molar-refractivity contribution is 7.18. The van der Waals surface area contributed by atoms with Crippen LogP contribution in [-0.2, 0) is 4.79 Å². The zero-order chi connectivity index (χ0) is 23.2. The highest BCUT2D eigenvalue weighted by Gasteiger charge is 2.20. The number of carbonyl (C=O) groups is 1. The fraction of sp³-hybridized carbons (Fsp3) is 0.348. The molecule has 10 heteroatoms. The van der Waals surface area contributed by atoms with Gasteiger partial charge in [0.1, 0.15) is 10.8 Å². The minimum absolute atomic E-state index is 0.0945. The number of amides is 1. The van der Waals surface area contributed by atoms with Crippen molar-refractivity contribution < 1.29 is 19.0 Å². The Morgan fingerprint density at radius 2 is 1.67 bits per heavy atom. The molecular weight excluding hydrogens is 442 g/mol. The molecule has 0 unspecified atom stereocenters. The summed E-state index contributed by atoms with van der Waals surface area (Å²) in [6.07, 6.45) is 0. The van der Waals surface area contributed by atoms with Crippen molar-refractivity contribution in [2.45, 2.75) is 0 Å². The summed E-state index contributed by atoms with van der Waals surface area (Å²) in [5.41, 5.74) is 2.01. The number of piperazine rings is 1. The largest absolute Gasteiger partial charge is 0.497 e. The Kier molecular flexibility index (Phi) is 7.26. The number of benzene rings is 2. The van der Waals surface area contributed by atoms with Crippen molar-refractivity contribution in [1.29, 1.82) is 0 Å². The summed E-state index contributed by atoms with van der Waals surface area (Å²) < 4.78 is 15.8. The molecule has 3 aromatic rings. The first-order chi connectivity index (χ1) is 16.1. The molecule has 2 aromatic carbocycles. The molecule has 0 saturated carbocycles. The van der Waals surface area contributed by atoms with Crippen LogP contribution in [0.4, 0.5) is 10.8 Å². The third kappa shape index (κ3) is 5.52. The number of nitrogens with zero attached hydrogens (tertiary/aromatic N) is 4. The van der Waals surface area contributed by atoms with Gasteiger partial charge in [0.15, 0.2) is 11.5 Å². The van der Waals surface area contributed by atoms with Crippen LogP contribution in [0.2, 0.25) is 0 Å². The van der Waals surface area contributed by atoms with Gasteiger partial charge in [-0.25, -0.2) is 0 Å². The molecule has 1 aliphatic rings. The van der Waals surface area contributed by atoms with E-state index in [1.165, 1.54) is 11.3 Å². The van der Waals surface area contributed by atoms with Crippen LogP contribution in [0, 0.1) is 0 Å². The van der Waals surface area contributed by atoms with Gasteiger partial charge in [0.05, 0.1) is 27.9 Å². The Labute approximate surface area is 196 Å². The van der Waals surface area contributed by atoms with E-state index in [-0.39, 0.29) is 5.91 Å². The normalized spacial score (nSPS) is 14.1. The zero-order valence-electron chi connectivity index (χ0n) is 18.9. The molecular formula is C23H27N5O4S. The van der Waals surface area contributed by atoms with E-state index >= 15 is 0 Å². The number of aromatic nitrogens is 2. The smallest absolute Gasteiger partial charge is 0.240 e. The number of carbonyl (C=O) groups excluding carboxylic acids is 1. The molecule has 1 aliphatic heterocycles. The van der Waals surface area contributed by atoms with Crippen LogP contribution in [0.15, 0.2) is 42.5 Å². The number of anilines is 2. The van der Waals surface area contributed by atoms with Crippen molar-refractivity contribution in [3.8, 4) is 27.8 Å². The Balaban J connectivity index is 1.29. The number of nitrogens with one attached hydrogen (secondary N) is 1. The number of ether oxygens (including phenoxy) is 3. The van der Waals surface area contributed by atoms with Gasteiger partial charge in [0, 0.05) is 37.4 Å². The summed E-state index contributed by atoms with van der Waals surface area (Å²) in [5, 5.41) is 12.4. The van der Waals surface area contributed by atoms with Gasteiger partial charge in [-0.05, 0) is 42.5 Å². The summed E-state index contributed by atoms with van der Waals surface area (Å²) in [6.45, 7) is 3.67. The van der Waals surface area contributed by atoms with E-state index in [1.54, 1.807) is 21.3 Å². The molecule has 0 spiro atoms. The van der Waals surface area contributed by atoms with Gasteiger partial charge in [-0.1, -0.05) is 11.3 Å². The van der Waals surface area contributed by atoms with Crippen molar-refractivity contribution in [1.82, 2.24) is 15.1 Å². The lowest BCUT2D eigenvalue weighted by Gasteiger charge is -2.35. The van der Waals surface area contributed by atoms with Gasteiger partial charge in [0.2, 0.25) is 11.0 Å². The zero-order valence-corrected chi connectivity index (χ0v) is 19.7. The van der Waals surface area contributed by atoms with Crippen LogP contribution in [0.3, 0.4) is 0 Å². The molecule has 0 aliphatic carbocycles. The van der Waals surface area contributed by atoms with E-state index in [2.05, 4.69) is 37.4 Å². The van der Waals surface area contributed by atoms with E-state index in [1.807, 2.05) is 30.3 Å². The lowest BCUT2D eigenvalue weighted by atomic mass is 10.2. The molecule has 0 radical (unpaired) electrons. The van der Waals surface area contributed by atoms with Crippen LogP contribution in [-0.4, -0.2) is 75.1 Å². The van der Waals surface area contributed by atoms with E-state index < -0.39 is 0 Å². The standard InChI is InChI=1S/C23H27N5O4S/c1-30-18-7-5-17(6-8-18)28-12-10-27(11-13-28)15-21(29)24-23-26-25-22(33-23)16-4-9-19(31-2)20(14-16)32-3/h4-9,14H,10-13,15H2,1-3H3,(H,24,26,29). The lowest BCUT2D eigenvalue weighted by molar-refractivity contribution is -0.117. The summed E-state index contributed by atoms with van der Waals surface area (Å²) in [4.78, 5) is 17.0. The molecule has 4 rings (SSSR count). The molecule has 1 fully saturated rings. The highest BCUT2D eigenvalue weighted by Crippen LogP contribution is 2.34. The summed E-state index contributed by atoms with van der Waals surface area (Å²) in [5.74, 6) is 2.01. The Morgan fingerprint density at radius 3 is 2.33 bits per heavy atom. The monoisotopic (exact) mass is 469 g/mol. The van der Waals surface area contributed by atoms with E-state index in [9.17, 15) is 4.79 Å². The number of hydrogen-bond donors (Lipinski definition) is 1. The van der Waals surface area contributed by atoms with Crippen LogP contribution in [0.1, 0.15) is 0 Å². The van der Waals surface area contributed by atoms with Gasteiger partial charge < -0.3 is 19.1 Å². The average Bonchev–Trinajstić information content (AvgIpc) is 3.32. The molecule has 174 valence electrons. The van der Waals surface area contributed by atoms with Crippen molar-refractivity contribution in [2.24, 2.45) is 0 Å². The fourth-order valence-electron chi connectivity index (χ4n) is 3.68. The summed E-state index contributed by atoms with van der Waals surface area (Å²) in [6, 6.07) is 13.6. The van der Waals surface area contributed by atoms with Crippen LogP contribution in [0.25, 0.3) is 10.6 Å². The average molecular weight is 470 g/mol. The first-order valence-electron chi connectivity index (χ1n) is 10.6. The minimum atomic E-state index is -0.0945. The Bertz CT molecular complexity index is 1080. The fourth-order valence-corrected chi connectivity index (χ4v) is 4.43. The van der Waals surface area contributed by atoms with Gasteiger partial charge in [-0.3, -0.25) is 15.0 Å². The maximum atomic E-state index is 12.6. The minimum Gasteiger partial charge on any atom is -0.497 e. The quantitative estimate of drug-likeness (QED) is 0.539. The van der Waals surface area contributed by atoms with Crippen molar-refractivity contribution in [2.75, 3.05) is 64.3 Å². The van der Waals surface area contributed by atoms with Gasteiger partial charge in [-0.2, -0.15) is 0 Å². The first-order valence-corrected chi connectivity index (χ1v) is 11.4. The molecule has 1 N–H and O–H groups in total. The summed E-state index contributed by atoms with van der Waals surface area (Å²) in [7, 11) is 4.84. The maximum Gasteiger partial charge on any atom is 0.240 e. The second kappa shape index (κ2) is 10.5. The Morgan fingerprint density at radius 1 is 0.939 bits per heavy atom. The molecule has 1 aromatic heterocycles. The Hall–Kier alpha value is -3.37. The van der Waals surface area contributed by atoms with Crippen LogP contribution < -0.4 is 24.4 Å². The van der Waals surface area contributed by atoms with Crippen LogP contribution in [0.5, 0.6) is 17.2 Å². The third-order valence-corrected chi connectivity index (χ3v) is 6.37. The van der Waals surface area contributed by atoms with Crippen LogP contribution >= 0.6 is 11.3 Å². The second-order valence-electron chi connectivity index (χ2n) is 7.49. The lowest BCUT2D eigenvalue weighted by Crippen LogP contribution is -2.48. The number of rotatable bonds is 8. The molecule has 1 amide bonds. The van der Waals surface area contributed by atoms with Crippen molar-refractivity contribution in [3.05, 3.63) is 42.5 Å². The molecule has 0 atom stereocenters. The summed E-state index contributed by atoms with van der Waals surface area (Å²) >= 11 is 1.32. The SMILES string of the molecule is COc1ccc(N2CCN(CC(=O)Nc3nnc(-c4ccc(OC)c(OC)c4)s3)CC2)cc1. The van der Waals surface area contributed by atoms with Gasteiger partial charge in [-0.15, -0.1) is 10.2 Å². The number of hydrogen-bond acceptors (Lipinski definition) is 9. The predicted octanol–water partition coefficient (Wildman–Crippen LogP) is 2.99. The molecule has 1 saturated heterocycles. The van der Waals surface area contributed by atoms with E-state index in [0.29, 0.717) is 28.2 Å². The van der Waals surface area contributed by atoms with E-state index in [4.69, 9.17) is 14.2 Å². The van der Waals surface area contributed by atoms with Gasteiger partial charge in [0.25, 0.3) is 0 Å². The maximum absolute atomic E-state index is 12.6. The molecule has 2 heterocycles. The van der Waals surface area contributed by atoms with Crippen molar-refractivity contribution >= 4 is 28.1 Å². The predicted molar refractivity (Wildman–Crippen MR) is 129 cm³/mol. The molecule has 9 nitrogen and oxygen atoms in total. The second-order valence-corrected chi connectivity index (χ2v) is 8.47. The van der Waals surface area contributed by atoms with Gasteiger partial charge >= 0.3 is 0 Å². The van der Waals surface area contributed by atoms with E-state index in [0.717, 1.165) is 43.2 Å². The topological polar surface area (TPSA) is 89.1 Å². The molecule has 0 bridgehead atoms.